The second-order valence-corrected chi connectivity index (χ2v) is 8.17. The molecule has 0 spiro atoms. The molecular formula is C23H31F2N9O3. The summed E-state index contributed by atoms with van der Waals surface area (Å²) in [6.07, 6.45) is 3.76. The average Bonchev–Trinajstić information content (AvgIpc) is 2.90. The molecule has 3 N–H and O–H groups in total. The van der Waals surface area contributed by atoms with Gasteiger partial charge in [-0.25, -0.2) is 18.7 Å². The van der Waals surface area contributed by atoms with Crippen LogP contribution in [0.15, 0.2) is 18.3 Å². The zero-order valence-electron chi connectivity index (χ0n) is 20.6. The molecule has 0 bridgehead atoms. The van der Waals surface area contributed by atoms with Crippen LogP contribution in [0.25, 0.3) is 11.4 Å². The van der Waals surface area contributed by atoms with Crippen molar-refractivity contribution in [3.05, 3.63) is 24.0 Å². The van der Waals surface area contributed by atoms with Gasteiger partial charge >= 0.3 is 0 Å². The standard InChI is InChI=1S/C23H31F2N9O3/c1-2-5-16(36)6-3-4-8-33(9-7-27-15-35)22-30-20(17-14-28-21(26)29-18(17)19(24)25)31-23(32-22)34-10-12-37-13-11-34/h2,5,14-15,19H,3-4,6-13H2,1H3,(H,27,35)(H2,26,28,29)/b5-2+. The molecular weight excluding hydrogens is 488 g/mol. The molecule has 2 aromatic heterocycles. The molecule has 0 saturated carbocycles. The number of carbonyl (C=O) groups is 2. The summed E-state index contributed by atoms with van der Waals surface area (Å²) < 4.78 is 33.0. The molecule has 0 radical (unpaired) electrons. The number of hydrogen-bond acceptors (Lipinski definition) is 11. The summed E-state index contributed by atoms with van der Waals surface area (Å²) in [6.45, 7) is 4.89. The fourth-order valence-electron chi connectivity index (χ4n) is 3.71. The molecule has 0 aromatic carbocycles. The van der Waals surface area contributed by atoms with Crippen LogP contribution in [0.3, 0.4) is 0 Å². The van der Waals surface area contributed by atoms with Crippen molar-refractivity contribution in [2.75, 3.05) is 61.5 Å². The minimum absolute atomic E-state index is 0.0154. The molecule has 1 amide bonds. The molecule has 0 atom stereocenters. The summed E-state index contributed by atoms with van der Waals surface area (Å²) in [5, 5.41) is 2.61. The number of unbranched alkanes of at least 4 members (excludes halogenated alkanes) is 1. The van der Waals surface area contributed by atoms with Crippen LogP contribution in [0.2, 0.25) is 0 Å². The molecule has 12 nitrogen and oxygen atoms in total. The van der Waals surface area contributed by atoms with Crippen molar-refractivity contribution in [3.63, 3.8) is 0 Å². The van der Waals surface area contributed by atoms with Crippen LogP contribution in [0, 0.1) is 0 Å². The number of rotatable bonds is 14. The van der Waals surface area contributed by atoms with Crippen LogP contribution < -0.4 is 20.9 Å². The van der Waals surface area contributed by atoms with E-state index in [1.54, 1.807) is 13.0 Å². The number of ketones is 1. The second kappa shape index (κ2) is 14.1. The van der Waals surface area contributed by atoms with Crippen LogP contribution in [-0.4, -0.2) is 83.1 Å². The summed E-state index contributed by atoms with van der Waals surface area (Å²) in [6, 6.07) is 0. The summed E-state index contributed by atoms with van der Waals surface area (Å²) >= 11 is 0. The van der Waals surface area contributed by atoms with E-state index in [0.717, 1.165) is 0 Å². The van der Waals surface area contributed by atoms with Crippen LogP contribution in [0.1, 0.15) is 38.3 Å². The van der Waals surface area contributed by atoms with Gasteiger partial charge in [0.25, 0.3) is 6.43 Å². The highest BCUT2D eigenvalue weighted by molar-refractivity contribution is 5.89. The van der Waals surface area contributed by atoms with Crippen molar-refractivity contribution in [1.82, 2.24) is 30.2 Å². The van der Waals surface area contributed by atoms with Crippen molar-refractivity contribution in [1.29, 1.82) is 0 Å². The van der Waals surface area contributed by atoms with Crippen molar-refractivity contribution >= 4 is 30.0 Å². The molecule has 1 saturated heterocycles. The Kier molecular flexibility index (Phi) is 10.6. The monoisotopic (exact) mass is 519 g/mol. The Balaban J connectivity index is 1.97. The van der Waals surface area contributed by atoms with E-state index >= 15 is 0 Å². The summed E-state index contributed by atoms with van der Waals surface area (Å²) in [4.78, 5) is 47.5. The number of anilines is 3. The normalized spacial score (nSPS) is 13.8. The molecule has 200 valence electrons. The third kappa shape index (κ3) is 8.10. The minimum Gasteiger partial charge on any atom is -0.378 e. The third-order valence-corrected chi connectivity index (χ3v) is 5.54. The van der Waals surface area contributed by atoms with Crippen molar-refractivity contribution in [2.45, 2.75) is 32.6 Å². The van der Waals surface area contributed by atoms with E-state index in [-0.39, 0.29) is 29.1 Å². The second-order valence-electron chi connectivity index (χ2n) is 8.17. The van der Waals surface area contributed by atoms with Gasteiger partial charge < -0.3 is 25.6 Å². The molecule has 1 aliphatic rings. The lowest BCUT2D eigenvalue weighted by Gasteiger charge is -2.29. The first-order chi connectivity index (χ1) is 17.9. The maximum absolute atomic E-state index is 13.8. The molecule has 1 fully saturated rings. The quantitative estimate of drug-likeness (QED) is 0.212. The summed E-state index contributed by atoms with van der Waals surface area (Å²) in [7, 11) is 0. The lowest BCUT2D eigenvalue weighted by molar-refractivity contribution is -0.114. The van der Waals surface area contributed by atoms with Crippen molar-refractivity contribution in [2.24, 2.45) is 0 Å². The van der Waals surface area contributed by atoms with Crippen LogP contribution in [0.4, 0.5) is 26.6 Å². The molecule has 2 aromatic rings. The number of alkyl halides is 2. The van der Waals surface area contributed by atoms with Crippen LogP contribution >= 0.6 is 0 Å². The number of nitrogen functional groups attached to an aromatic ring is 1. The lowest BCUT2D eigenvalue weighted by atomic mass is 10.1. The van der Waals surface area contributed by atoms with Gasteiger partial charge in [-0.3, -0.25) is 9.59 Å². The van der Waals surface area contributed by atoms with Gasteiger partial charge in [-0.15, -0.1) is 0 Å². The molecule has 1 aliphatic heterocycles. The Hall–Kier alpha value is -3.81. The maximum Gasteiger partial charge on any atom is 0.281 e. The van der Waals surface area contributed by atoms with E-state index in [0.29, 0.717) is 77.6 Å². The van der Waals surface area contributed by atoms with E-state index in [4.69, 9.17) is 10.5 Å². The predicted molar refractivity (Wildman–Crippen MR) is 133 cm³/mol. The van der Waals surface area contributed by atoms with Gasteiger partial charge in [0.05, 0.1) is 18.8 Å². The Bertz CT molecular complexity index is 1080. The third-order valence-electron chi connectivity index (χ3n) is 5.54. The number of aromatic nitrogens is 5. The molecule has 0 aliphatic carbocycles. The van der Waals surface area contributed by atoms with Gasteiger partial charge in [-0.05, 0) is 25.8 Å². The van der Waals surface area contributed by atoms with Crippen LogP contribution in [0.5, 0.6) is 0 Å². The number of nitrogens with zero attached hydrogens (tertiary/aromatic N) is 7. The number of nitrogens with one attached hydrogen (secondary N) is 1. The van der Waals surface area contributed by atoms with Gasteiger partial charge in [0.15, 0.2) is 11.6 Å². The highest BCUT2D eigenvalue weighted by Gasteiger charge is 2.24. The topological polar surface area (TPSA) is 152 Å². The molecule has 3 heterocycles. The molecule has 14 heteroatoms. The zero-order valence-corrected chi connectivity index (χ0v) is 20.6. The zero-order chi connectivity index (χ0) is 26.6. The first kappa shape index (κ1) is 27.8. The molecule has 0 unspecified atom stereocenters. The number of nitrogens with two attached hydrogens (primary N) is 1. The lowest BCUT2D eigenvalue weighted by Crippen LogP contribution is -2.38. The maximum atomic E-state index is 13.8. The highest BCUT2D eigenvalue weighted by Crippen LogP contribution is 2.29. The first-order valence-electron chi connectivity index (χ1n) is 12.0. The number of amides is 1. The number of halogens is 2. The Morgan fingerprint density at radius 1 is 1.22 bits per heavy atom. The highest BCUT2D eigenvalue weighted by atomic mass is 19.3. The van der Waals surface area contributed by atoms with E-state index in [2.05, 4.69) is 30.2 Å². The van der Waals surface area contributed by atoms with Gasteiger partial charge in [-0.1, -0.05) is 6.08 Å². The van der Waals surface area contributed by atoms with Crippen molar-refractivity contribution in [3.8, 4) is 11.4 Å². The van der Waals surface area contributed by atoms with Crippen molar-refractivity contribution < 1.29 is 23.1 Å². The Morgan fingerprint density at radius 3 is 2.70 bits per heavy atom. The predicted octanol–water partition coefficient (Wildman–Crippen LogP) is 1.55. The number of hydrogen-bond donors (Lipinski definition) is 2. The van der Waals surface area contributed by atoms with E-state index in [9.17, 15) is 18.4 Å². The number of morpholine rings is 1. The number of carbonyl (C=O) groups excluding carboxylic acids is 2. The summed E-state index contributed by atoms with van der Waals surface area (Å²) in [5.41, 5.74) is 4.92. The fourth-order valence-corrected chi connectivity index (χ4v) is 3.71. The molecule has 37 heavy (non-hydrogen) atoms. The molecule has 3 rings (SSSR count). The SMILES string of the molecule is C/C=C/C(=O)CCCCN(CCNC=O)c1nc(-c2cnc(N)nc2C(F)F)nc(N2CCOCC2)n1. The van der Waals surface area contributed by atoms with Gasteiger partial charge in [0, 0.05) is 45.3 Å². The van der Waals surface area contributed by atoms with Gasteiger partial charge in [0.2, 0.25) is 24.3 Å². The Labute approximate surface area is 213 Å². The van der Waals surface area contributed by atoms with E-state index < -0.39 is 12.1 Å². The first-order valence-corrected chi connectivity index (χ1v) is 12.0. The van der Waals surface area contributed by atoms with Gasteiger partial charge in [0.1, 0.15) is 5.69 Å². The largest absolute Gasteiger partial charge is 0.378 e. The fraction of sp³-hybridized carbons (Fsp3) is 0.522. The average molecular weight is 520 g/mol. The number of ether oxygens (including phenoxy) is 1. The smallest absolute Gasteiger partial charge is 0.281 e. The van der Waals surface area contributed by atoms with E-state index in [1.165, 1.54) is 12.3 Å². The summed E-state index contributed by atoms with van der Waals surface area (Å²) in [5.74, 6) is 0.290. The minimum atomic E-state index is -2.92. The van der Waals surface area contributed by atoms with Crippen LogP contribution in [-0.2, 0) is 14.3 Å². The Morgan fingerprint density at radius 2 is 2.00 bits per heavy atom. The van der Waals surface area contributed by atoms with E-state index in [1.807, 2.05) is 9.80 Å². The van der Waals surface area contributed by atoms with Gasteiger partial charge in [-0.2, -0.15) is 15.0 Å². The number of allylic oxidation sites excluding steroid dienone is 2.